The maximum atomic E-state index is 11.5. The molecular weight excluding hydrogens is 378 g/mol. The Bertz CT molecular complexity index is 778. The van der Waals surface area contributed by atoms with Crippen LogP contribution in [0.5, 0.6) is 5.75 Å². The minimum absolute atomic E-state index is 0.163. The first-order valence-corrected chi connectivity index (χ1v) is 9.04. The number of hydrogen-bond acceptors (Lipinski definition) is 4. The second kappa shape index (κ2) is 6.25. The van der Waals surface area contributed by atoms with Gasteiger partial charge >= 0.3 is 0 Å². The lowest BCUT2D eigenvalue weighted by Gasteiger charge is -2.10. The molecule has 0 spiro atoms. The van der Waals surface area contributed by atoms with Crippen LogP contribution in [0.1, 0.15) is 5.56 Å². The molecule has 0 aliphatic rings. The summed E-state index contributed by atoms with van der Waals surface area (Å²) >= 11 is 9.30. The lowest BCUT2D eigenvalue weighted by atomic mass is 10.2. The van der Waals surface area contributed by atoms with Crippen molar-refractivity contribution in [2.75, 3.05) is 11.6 Å². The van der Waals surface area contributed by atoms with Crippen molar-refractivity contribution in [2.45, 2.75) is 11.4 Å². The Kier molecular flexibility index (Phi) is 4.81. The Morgan fingerprint density at radius 2 is 1.95 bits per heavy atom. The van der Waals surface area contributed by atoms with Crippen molar-refractivity contribution in [1.82, 2.24) is 0 Å². The number of halogens is 2. The Hall–Kier alpha value is -1.24. The third kappa shape index (κ3) is 4.12. The molecule has 21 heavy (non-hydrogen) atoms. The van der Waals surface area contributed by atoms with Gasteiger partial charge < -0.3 is 10.4 Å². The van der Waals surface area contributed by atoms with Crippen molar-refractivity contribution < 1.29 is 13.5 Å². The normalized spacial score (nSPS) is 11.4. The number of benzene rings is 2. The van der Waals surface area contributed by atoms with Gasteiger partial charge in [-0.2, -0.15) is 0 Å². The lowest BCUT2D eigenvalue weighted by Crippen LogP contribution is -2.03. The maximum absolute atomic E-state index is 11.5. The van der Waals surface area contributed by atoms with Crippen LogP contribution >= 0.6 is 27.5 Å². The van der Waals surface area contributed by atoms with Crippen molar-refractivity contribution >= 4 is 43.1 Å². The molecule has 0 amide bonds. The van der Waals surface area contributed by atoms with Gasteiger partial charge in [0.05, 0.1) is 20.1 Å². The van der Waals surface area contributed by atoms with Gasteiger partial charge in [0.1, 0.15) is 5.75 Å². The smallest absolute Gasteiger partial charge is 0.175 e. The number of anilines is 1. The van der Waals surface area contributed by atoms with Crippen LogP contribution in [0.3, 0.4) is 0 Å². The van der Waals surface area contributed by atoms with Crippen LogP contribution in [-0.2, 0) is 16.4 Å². The highest BCUT2D eigenvalue weighted by Gasteiger charge is 2.10. The van der Waals surface area contributed by atoms with E-state index in [1.165, 1.54) is 12.1 Å². The lowest BCUT2D eigenvalue weighted by molar-refractivity contribution is 0.471. The molecule has 2 N–H and O–H groups in total. The van der Waals surface area contributed by atoms with E-state index in [4.69, 9.17) is 11.6 Å². The molecular formula is C14H13BrClNO3S. The number of phenols is 1. The van der Waals surface area contributed by atoms with E-state index in [2.05, 4.69) is 21.2 Å². The van der Waals surface area contributed by atoms with Gasteiger partial charge in [-0.3, -0.25) is 0 Å². The third-order valence-electron chi connectivity index (χ3n) is 2.86. The first kappa shape index (κ1) is 16.1. The van der Waals surface area contributed by atoms with Gasteiger partial charge in [-0.1, -0.05) is 17.7 Å². The number of hydrogen-bond donors (Lipinski definition) is 2. The fourth-order valence-corrected chi connectivity index (χ4v) is 2.99. The fourth-order valence-electron chi connectivity index (χ4n) is 1.73. The van der Waals surface area contributed by atoms with Crippen molar-refractivity contribution in [1.29, 1.82) is 0 Å². The Morgan fingerprint density at radius 3 is 2.57 bits per heavy atom. The monoisotopic (exact) mass is 389 g/mol. The van der Waals surface area contributed by atoms with E-state index in [0.29, 0.717) is 21.7 Å². The largest absolute Gasteiger partial charge is 0.507 e. The number of rotatable bonds is 4. The van der Waals surface area contributed by atoms with Gasteiger partial charge in [0, 0.05) is 12.8 Å². The van der Waals surface area contributed by atoms with Gasteiger partial charge in [0.2, 0.25) is 0 Å². The molecule has 0 radical (unpaired) electrons. The molecule has 0 heterocycles. The Balaban J connectivity index is 2.21. The molecule has 0 saturated heterocycles. The summed E-state index contributed by atoms with van der Waals surface area (Å²) in [5, 5.41) is 13.0. The number of phenolic OH excluding ortho intramolecular Hbond substituents is 1. The molecule has 0 aromatic heterocycles. The minimum atomic E-state index is -3.28. The minimum Gasteiger partial charge on any atom is -0.507 e. The van der Waals surface area contributed by atoms with Crippen LogP contribution in [0.25, 0.3) is 0 Å². The van der Waals surface area contributed by atoms with Crippen molar-refractivity contribution in [2.24, 2.45) is 0 Å². The average Bonchev–Trinajstić information content (AvgIpc) is 2.40. The Morgan fingerprint density at radius 1 is 1.24 bits per heavy atom. The summed E-state index contributed by atoms with van der Waals surface area (Å²) in [7, 11) is -3.28. The van der Waals surface area contributed by atoms with Crippen LogP contribution in [0.4, 0.5) is 5.69 Å². The molecule has 112 valence electrons. The zero-order valence-corrected chi connectivity index (χ0v) is 14.3. The zero-order chi connectivity index (χ0) is 15.6. The summed E-state index contributed by atoms with van der Waals surface area (Å²) in [6, 6.07) is 9.65. The molecule has 0 bridgehead atoms. The average molecular weight is 391 g/mol. The van der Waals surface area contributed by atoms with E-state index in [-0.39, 0.29) is 10.6 Å². The molecule has 2 aromatic carbocycles. The van der Waals surface area contributed by atoms with Crippen molar-refractivity contribution in [3.63, 3.8) is 0 Å². The highest BCUT2D eigenvalue weighted by molar-refractivity contribution is 9.10. The topological polar surface area (TPSA) is 66.4 Å². The Labute approximate surface area is 136 Å². The van der Waals surface area contributed by atoms with Gasteiger partial charge in [-0.25, -0.2) is 8.42 Å². The van der Waals surface area contributed by atoms with Crippen molar-refractivity contribution in [3.8, 4) is 5.75 Å². The molecule has 2 rings (SSSR count). The van der Waals surface area contributed by atoms with E-state index in [0.717, 1.165) is 11.8 Å². The fraction of sp³-hybridized carbons (Fsp3) is 0.143. The van der Waals surface area contributed by atoms with Gasteiger partial charge in [0.25, 0.3) is 0 Å². The molecule has 0 saturated carbocycles. The number of sulfone groups is 1. The van der Waals surface area contributed by atoms with E-state index < -0.39 is 9.84 Å². The highest BCUT2D eigenvalue weighted by atomic mass is 79.9. The molecule has 0 aliphatic carbocycles. The second-order valence-corrected chi connectivity index (χ2v) is 7.83. The molecule has 7 heteroatoms. The molecule has 0 unspecified atom stereocenters. The first-order valence-electron chi connectivity index (χ1n) is 5.98. The summed E-state index contributed by atoms with van der Waals surface area (Å²) in [5.41, 5.74) is 1.46. The molecule has 4 nitrogen and oxygen atoms in total. The summed E-state index contributed by atoms with van der Waals surface area (Å²) in [6.45, 7) is 0.450. The summed E-state index contributed by atoms with van der Waals surface area (Å²) in [6.07, 6.45) is 1.15. The van der Waals surface area contributed by atoms with E-state index in [1.54, 1.807) is 24.3 Å². The number of nitrogens with one attached hydrogen (secondary N) is 1. The van der Waals surface area contributed by atoms with Crippen LogP contribution in [-0.4, -0.2) is 19.8 Å². The van der Waals surface area contributed by atoms with Crippen LogP contribution < -0.4 is 5.32 Å². The molecule has 2 aromatic rings. The van der Waals surface area contributed by atoms with Crippen LogP contribution in [0.15, 0.2) is 45.8 Å². The van der Waals surface area contributed by atoms with E-state index in [1.807, 2.05) is 0 Å². The molecule has 0 atom stereocenters. The summed E-state index contributed by atoms with van der Waals surface area (Å²) in [5.74, 6) is 0.163. The molecule has 0 aliphatic heterocycles. The predicted octanol–water partition coefficient (Wildman–Crippen LogP) is 3.82. The highest BCUT2D eigenvalue weighted by Crippen LogP contribution is 2.27. The maximum Gasteiger partial charge on any atom is 0.175 e. The number of aromatic hydroxyl groups is 1. The van der Waals surface area contributed by atoms with Gasteiger partial charge in [0.15, 0.2) is 9.84 Å². The molecule has 0 fully saturated rings. The van der Waals surface area contributed by atoms with E-state index >= 15 is 0 Å². The van der Waals surface area contributed by atoms with E-state index in [9.17, 15) is 13.5 Å². The quantitative estimate of drug-likeness (QED) is 0.833. The standard InChI is InChI=1S/C14H13BrClNO3S/c1-21(19,20)10-3-4-12(16)13(7-10)17-8-9-2-5-14(18)11(15)6-9/h2-7,17-18H,8H2,1H3. The first-order chi connectivity index (χ1) is 9.77. The SMILES string of the molecule is CS(=O)(=O)c1ccc(Cl)c(NCc2ccc(O)c(Br)c2)c1. The van der Waals surface area contributed by atoms with Crippen LogP contribution in [0, 0.1) is 0 Å². The summed E-state index contributed by atoms with van der Waals surface area (Å²) in [4.78, 5) is 0.210. The zero-order valence-electron chi connectivity index (χ0n) is 11.1. The van der Waals surface area contributed by atoms with Crippen LogP contribution in [0.2, 0.25) is 5.02 Å². The summed E-state index contributed by atoms with van der Waals surface area (Å²) < 4.78 is 23.7. The second-order valence-electron chi connectivity index (χ2n) is 4.55. The van der Waals surface area contributed by atoms with Gasteiger partial charge in [-0.15, -0.1) is 0 Å². The van der Waals surface area contributed by atoms with Gasteiger partial charge in [-0.05, 0) is 51.8 Å². The van der Waals surface area contributed by atoms with Crippen molar-refractivity contribution in [3.05, 3.63) is 51.5 Å². The predicted molar refractivity (Wildman–Crippen MR) is 87.7 cm³/mol. The third-order valence-corrected chi connectivity index (χ3v) is 4.94.